The Labute approximate surface area is 145 Å². The highest BCUT2D eigenvalue weighted by Gasteiger charge is 2.68. The third-order valence-corrected chi connectivity index (χ3v) is 7.22. The molecule has 1 aromatic heterocycles. The second kappa shape index (κ2) is 5.04. The number of fused-ring (bicyclic) bond motifs is 2. The maximum Gasteiger partial charge on any atom is 0.236 e. The van der Waals surface area contributed by atoms with Crippen LogP contribution in [0.4, 0.5) is 0 Å². The lowest BCUT2D eigenvalue weighted by Gasteiger charge is -2.57. The van der Waals surface area contributed by atoms with Gasteiger partial charge in [-0.1, -0.05) is 6.92 Å². The fourth-order valence-corrected chi connectivity index (χ4v) is 5.86. The molecule has 1 aromatic rings. The van der Waals surface area contributed by atoms with E-state index in [1.165, 1.54) is 12.0 Å². The molecule has 5 heterocycles. The molecule has 1 aliphatic carbocycles. The lowest BCUT2D eigenvalue weighted by molar-refractivity contribution is -0.553. The molecule has 0 amide bonds. The zero-order valence-corrected chi connectivity index (χ0v) is 15.1. The van der Waals surface area contributed by atoms with E-state index in [9.17, 15) is 0 Å². The molecule has 1 spiro atoms. The van der Waals surface area contributed by atoms with E-state index in [1.807, 2.05) is 18.5 Å². The van der Waals surface area contributed by atoms with Crippen LogP contribution in [-0.2, 0) is 19.2 Å². The van der Waals surface area contributed by atoms with Crippen molar-refractivity contribution < 1.29 is 19.2 Å². The molecule has 5 nitrogen and oxygen atoms in total. The first kappa shape index (κ1) is 15.3. The molecule has 5 aliphatic rings. The monoisotopic (exact) mass is 349 g/mol. The molecule has 0 N–H and O–H groups in total. The normalized spacial score (nSPS) is 47.1. The van der Waals surface area contributed by atoms with E-state index in [2.05, 4.69) is 18.8 Å². The van der Waals surface area contributed by atoms with E-state index in [1.54, 1.807) is 11.3 Å². The Morgan fingerprint density at radius 3 is 2.92 bits per heavy atom. The van der Waals surface area contributed by atoms with Crippen molar-refractivity contribution in [2.24, 2.45) is 17.8 Å². The fraction of sp³-hybridized carbons (Fsp3) is 0.722. The van der Waals surface area contributed by atoms with Gasteiger partial charge in [-0.05, 0) is 44.6 Å². The van der Waals surface area contributed by atoms with Gasteiger partial charge in [-0.3, -0.25) is 0 Å². The molecular formula is C18H23NO4S. The second-order valence-corrected chi connectivity index (χ2v) is 8.72. The summed E-state index contributed by atoms with van der Waals surface area (Å²) in [5.74, 6) is 1.36. The van der Waals surface area contributed by atoms with E-state index in [-0.39, 0.29) is 5.92 Å². The van der Waals surface area contributed by atoms with Crippen LogP contribution >= 0.6 is 11.3 Å². The van der Waals surface area contributed by atoms with Gasteiger partial charge in [0.25, 0.3) is 0 Å². The van der Waals surface area contributed by atoms with Crippen molar-refractivity contribution in [3.8, 4) is 0 Å². The minimum atomic E-state index is -0.725. The van der Waals surface area contributed by atoms with E-state index in [0.717, 1.165) is 30.0 Å². The molecule has 0 aromatic carbocycles. The highest BCUT2D eigenvalue weighted by atomic mass is 32.1. The van der Waals surface area contributed by atoms with Crippen LogP contribution in [-0.4, -0.2) is 22.7 Å². The standard InChI is InChI=1S/C18H23NO4S/c1-10-4-5-13-11(2)14(15-19-8-9-24-15)20-16-18(13)12(10)6-7-17(3,21-16)22-23-18/h8-10,12-13,16H,4-7H2,1-3H3/t10-,12+,13+,16?,17-,18-/m1/s1. The molecule has 2 bridgehead atoms. The molecule has 1 saturated carbocycles. The third-order valence-electron chi connectivity index (χ3n) is 6.45. The number of hydrogen-bond donors (Lipinski definition) is 0. The molecule has 130 valence electrons. The first-order valence-electron chi connectivity index (χ1n) is 8.85. The predicted octanol–water partition coefficient (Wildman–Crippen LogP) is 4.12. The van der Waals surface area contributed by atoms with E-state index >= 15 is 0 Å². The highest BCUT2D eigenvalue weighted by molar-refractivity contribution is 7.10. The SMILES string of the molecule is CC1=C(c2nccs2)OC2O[C@@]3(C)CC[C@H]4[C@H](C)CC[C@@H]1[C@@]24OO3. The summed E-state index contributed by atoms with van der Waals surface area (Å²) in [5, 5.41) is 2.91. The summed E-state index contributed by atoms with van der Waals surface area (Å²) < 4.78 is 12.7. The number of rotatable bonds is 1. The Morgan fingerprint density at radius 2 is 2.12 bits per heavy atom. The van der Waals surface area contributed by atoms with Gasteiger partial charge in [0.2, 0.25) is 12.1 Å². The average Bonchev–Trinajstić information content (AvgIpc) is 2.99. The summed E-state index contributed by atoms with van der Waals surface area (Å²) in [6.45, 7) is 6.43. The van der Waals surface area contributed by atoms with Gasteiger partial charge < -0.3 is 9.47 Å². The Bertz CT molecular complexity index is 689. The van der Waals surface area contributed by atoms with Crippen LogP contribution in [0, 0.1) is 17.8 Å². The van der Waals surface area contributed by atoms with Gasteiger partial charge in [-0.15, -0.1) is 11.3 Å². The summed E-state index contributed by atoms with van der Waals surface area (Å²) in [6, 6.07) is 0. The molecule has 3 saturated heterocycles. The first-order chi connectivity index (χ1) is 11.5. The lowest BCUT2D eigenvalue weighted by atomic mass is 9.59. The molecule has 6 heteroatoms. The Morgan fingerprint density at radius 1 is 1.25 bits per heavy atom. The van der Waals surface area contributed by atoms with Crippen molar-refractivity contribution >= 4 is 17.1 Å². The summed E-state index contributed by atoms with van der Waals surface area (Å²) >= 11 is 1.60. The van der Waals surface area contributed by atoms with Crippen molar-refractivity contribution in [3.05, 3.63) is 22.2 Å². The van der Waals surface area contributed by atoms with E-state index in [0.29, 0.717) is 11.8 Å². The van der Waals surface area contributed by atoms with Crippen molar-refractivity contribution in [1.82, 2.24) is 4.98 Å². The zero-order chi connectivity index (χ0) is 16.5. The highest BCUT2D eigenvalue weighted by Crippen LogP contribution is 2.60. The number of aromatic nitrogens is 1. The van der Waals surface area contributed by atoms with Crippen LogP contribution in [0.2, 0.25) is 0 Å². The molecule has 6 atom stereocenters. The first-order valence-corrected chi connectivity index (χ1v) is 9.73. The van der Waals surface area contributed by atoms with Crippen LogP contribution in [0.3, 0.4) is 0 Å². The molecule has 0 radical (unpaired) electrons. The summed E-state index contributed by atoms with van der Waals surface area (Å²) in [7, 11) is 0. The van der Waals surface area contributed by atoms with Gasteiger partial charge in [0.15, 0.2) is 16.4 Å². The third kappa shape index (κ3) is 1.88. The van der Waals surface area contributed by atoms with Crippen LogP contribution in [0.25, 0.3) is 5.76 Å². The Balaban J connectivity index is 1.67. The fourth-order valence-electron chi connectivity index (χ4n) is 5.17. The number of hydrogen-bond acceptors (Lipinski definition) is 6. The van der Waals surface area contributed by atoms with Gasteiger partial charge in [0.1, 0.15) is 0 Å². The quantitative estimate of drug-likeness (QED) is 0.714. The van der Waals surface area contributed by atoms with Crippen molar-refractivity contribution in [3.63, 3.8) is 0 Å². The smallest absolute Gasteiger partial charge is 0.236 e. The van der Waals surface area contributed by atoms with Gasteiger partial charge in [0, 0.05) is 29.8 Å². The molecule has 1 unspecified atom stereocenters. The van der Waals surface area contributed by atoms with E-state index in [4.69, 9.17) is 19.2 Å². The lowest BCUT2D eigenvalue weighted by Crippen LogP contribution is -2.66. The van der Waals surface area contributed by atoms with Crippen molar-refractivity contribution in [1.29, 1.82) is 0 Å². The minimum Gasteiger partial charge on any atom is -0.458 e. The average molecular weight is 349 g/mol. The van der Waals surface area contributed by atoms with Gasteiger partial charge >= 0.3 is 0 Å². The zero-order valence-electron chi connectivity index (χ0n) is 14.3. The molecular weight excluding hydrogens is 326 g/mol. The van der Waals surface area contributed by atoms with Crippen LogP contribution in [0.1, 0.15) is 51.5 Å². The van der Waals surface area contributed by atoms with Crippen molar-refractivity contribution in [2.45, 2.75) is 64.1 Å². The largest absolute Gasteiger partial charge is 0.458 e. The van der Waals surface area contributed by atoms with Crippen LogP contribution in [0.5, 0.6) is 0 Å². The maximum absolute atomic E-state index is 6.40. The van der Waals surface area contributed by atoms with Gasteiger partial charge in [0.05, 0.1) is 0 Å². The van der Waals surface area contributed by atoms with Crippen molar-refractivity contribution in [2.75, 3.05) is 0 Å². The Kier molecular flexibility index (Phi) is 3.21. The van der Waals surface area contributed by atoms with Crippen LogP contribution in [0.15, 0.2) is 17.2 Å². The summed E-state index contributed by atoms with van der Waals surface area (Å²) in [5.41, 5.74) is 0.689. The molecule has 6 rings (SSSR count). The minimum absolute atomic E-state index is 0.249. The van der Waals surface area contributed by atoms with Gasteiger partial charge in [-0.2, -0.15) is 0 Å². The molecule has 4 fully saturated rings. The maximum atomic E-state index is 6.40. The van der Waals surface area contributed by atoms with E-state index < -0.39 is 17.7 Å². The topological polar surface area (TPSA) is 49.8 Å². The summed E-state index contributed by atoms with van der Waals surface area (Å²) in [6.07, 6.45) is 5.55. The Hall–Kier alpha value is -0.950. The predicted molar refractivity (Wildman–Crippen MR) is 88.6 cm³/mol. The number of thiazole rings is 1. The second-order valence-electron chi connectivity index (χ2n) is 7.82. The summed E-state index contributed by atoms with van der Waals surface area (Å²) in [4.78, 5) is 16.4. The van der Waals surface area contributed by atoms with Gasteiger partial charge in [-0.25, -0.2) is 14.8 Å². The number of nitrogens with zero attached hydrogens (tertiary/aromatic N) is 1. The van der Waals surface area contributed by atoms with Crippen LogP contribution < -0.4 is 0 Å². The molecule has 4 aliphatic heterocycles. The molecule has 24 heavy (non-hydrogen) atoms. The number of ether oxygens (including phenoxy) is 2.